The zero-order valence-corrected chi connectivity index (χ0v) is 25.0. The van der Waals surface area contributed by atoms with Gasteiger partial charge >= 0.3 is 13.6 Å². The lowest BCUT2D eigenvalue weighted by atomic mass is 10.0. The molecule has 0 fully saturated rings. The van der Waals surface area contributed by atoms with Gasteiger partial charge in [0.2, 0.25) is 0 Å². The van der Waals surface area contributed by atoms with Crippen LogP contribution in [0, 0.1) is 0 Å². The number of quaternary nitrogens is 1. The highest BCUT2D eigenvalue weighted by Gasteiger charge is 2.26. The van der Waals surface area contributed by atoms with E-state index in [9.17, 15) is 14.3 Å². The molecule has 7 nitrogen and oxygen atoms in total. The van der Waals surface area contributed by atoms with Crippen molar-refractivity contribution >= 4 is 13.6 Å². The van der Waals surface area contributed by atoms with Gasteiger partial charge in [-0.25, -0.2) is 0 Å². The quantitative estimate of drug-likeness (QED) is 0.0755. The predicted octanol–water partition coefficient (Wildman–Crippen LogP) is 6.76. The molecule has 0 amide bonds. The highest BCUT2D eigenvalue weighted by Crippen LogP contribution is 2.42. The van der Waals surface area contributed by atoms with Crippen molar-refractivity contribution in [1.82, 2.24) is 0 Å². The summed E-state index contributed by atoms with van der Waals surface area (Å²) in [7, 11) is 2.05. The van der Waals surface area contributed by atoms with E-state index >= 15 is 0 Å². The molecule has 0 radical (unpaired) electrons. The van der Waals surface area contributed by atoms with Crippen LogP contribution in [0.3, 0.4) is 0 Å². The lowest BCUT2D eigenvalue weighted by Gasteiger charge is -2.25. The SMILES string of the molecule is CCCCCCCCCCCCCc1cccc(OCC(COP(=O)(O)CC[N+](C)(C)C)OC(C)=O)c1. The van der Waals surface area contributed by atoms with E-state index in [1.165, 1.54) is 76.7 Å². The largest absolute Gasteiger partial charge is 0.490 e. The Hall–Kier alpha value is -1.40. The van der Waals surface area contributed by atoms with E-state index in [4.69, 9.17) is 14.0 Å². The monoisotopic (exact) mass is 542 g/mol. The molecule has 1 aromatic rings. The zero-order valence-electron chi connectivity index (χ0n) is 24.1. The van der Waals surface area contributed by atoms with Crippen LogP contribution < -0.4 is 4.74 Å². The fourth-order valence-electron chi connectivity index (χ4n) is 4.01. The fourth-order valence-corrected chi connectivity index (χ4v) is 5.40. The minimum Gasteiger partial charge on any atom is -0.490 e. The van der Waals surface area contributed by atoms with Crippen LogP contribution in [0.1, 0.15) is 90.0 Å². The molecule has 2 atom stereocenters. The smallest absolute Gasteiger partial charge is 0.333 e. The van der Waals surface area contributed by atoms with Gasteiger partial charge in [0.1, 0.15) is 12.4 Å². The van der Waals surface area contributed by atoms with Gasteiger partial charge in [-0.05, 0) is 30.5 Å². The summed E-state index contributed by atoms with van der Waals surface area (Å²) >= 11 is 0. The molecule has 0 spiro atoms. The van der Waals surface area contributed by atoms with Gasteiger partial charge in [-0.3, -0.25) is 9.36 Å². The van der Waals surface area contributed by atoms with Crippen molar-refractivity contribution in [3.05, 3.63) is 29.8 Å². The molecule has 1 rings (SSSR count). The van der Waals surface area contributed by atoms with Gasteiger partial charge in [-0.1, -0.05) is 83.3 Å². The Morgan fingerprint density at radius 2 is 1.54 bits per heavy atom. The Balaban J connectivity index is 2.37. The first-order chi connectivity index (χ1) is 17.5. The standard InChI is InChI=1S/C29H52NO6P/c1-6-7-8-9-10-11-12-13-14-15-16-18-27-19-17-20-28(23-27)34-24-29(36-26(2)31)25-35-37(32,33)22-21-30(3,4)5/h17,19-20,23,29H,6-16,18,21-22,24-25H2,1-5H3/p+1. The number of ether oxygens (including phenoxy) is 2. The molecule has 0 aliphatic heterocycles. The molecule has 1 N–H and O–H groups in total. The fraction of sp³-hybridized carbons (Fsp3) is 0.759. The van der Waals surface area contributed by atoms with Crippen LogP contribution in [0.25, 0.3) is 0 Å². The maximum atomic E-state index is 12.4. The summed E-state index contributed by atoms with van der Waals surface area (Å²) < 4.78 is 29.3. The molecule has 0 heterocycles. The van der Waals surface area contributed by atoms with Crippen molar-refractivity contribution in [2.75, 3.05) is 47.1 Å². The molecule has 0 saturated carbocycles. The Kier molecular flexibility index (Phi) is 17.1. The number of unbranched alkanes of at least 4 members (excludes halogenated alkanes) is 10. The number of aryl methyl sites for hydroxylation is 1. The topological polar surface area (TPSA) is 82.1 Å². The summed E-state index contributed by atoms with van der Waals surface area (Å²) in [6.45, 7) is 3.92. The van der Waals surface area contributed by atoms with Crippen LogP contribution in [0.2, 0.25) is 0 Å². The molecule has 8 heteroatoms. The highest BCUT2D eigenvalue weighted by molar-refractivity contribution is 7.52. The van der Waals surface area contributed by atoms with Gasteiger partial charge in [0.25, 0.3) is 0 Å². The normalized spacial score (nSPS) is 14.2. The number of hydrogen-bond acceptors (Lipinski definition) is 5. The maximum Gasteiger partial charge on any atom is 0.333 e. The number of carbonyl (C=O) groups excluding carboxylic acids is 1. The molecule has 0 aromatic heterocycles. The van der Waals surface area contributed by atoms with Crippen molar-refractivity contribution in [3.8, 4) is 5.75 Å². The second-order valence-corrected chi connectivity index (χ2v) is 13.1. The number of hydrogen-bond donors (Lipinski definition) is 1. The van der Waals surface area contributed by atoms with Crippen molar-refractivity contribution in [3.63, 3.8) is 0 Å². The van der Waals surface area contributed by atoms with E-state index in [2.05, 4.69) is 13.0 Å². The average Bonchev–Trinajstić information content (AvgIpc) is 2.83. The van der Waals surface area contributed by atoms with E-state index < -0.39 is 19.7 Å². The summed E-state index contributed by atoms with van der Waals surface area (Å²) in [5.74, 6) is 0.205. The van der Waals surface area contributed by atoms with Crippen LogP contribution in [-0.4, -0.2) is 68.5 Å². The lowest BCUT2D eigenvalue weighted by molar-refractivity contribution is -0.867. The minimum atomic E-state index is -3.78. The van der Waals surface area contributed by atoms with Gasteiger partial charge < -0.3 is 23.4 Å². The van der Waals surface area contributed by atoms with Crippen LogP contribution in [0.4, 0.5) is 0 Å². The van der Waals surface area contributed by atoms with E-state index in [0.717, 1.165) is 12.8 Å². The molecule has 0 saturated heterocycles. The average molecular weight is 543 g/mol. The van der Waals surface area contributed by atoms with Crippen molar-refractivity contribution < 1.29 is 32.7 Å². The number of benzene rings is 1. The molecule has 0 bridgehead atoms. The van der Waals surface area contributed by atoms with E-state index in [-0.39, 0.29) is 19.4 Å². The molecular formula is C29H53NO6P+. The minimum absolute atomic E-state index is 0.0330. The number of carbonyl (C=O) groups is 1. The maximum absolute atomic E-state index is 12.4. The van der Waals surface area contributed by atoms with Crippen molar-refractivity contribution in [2.45, 2.75) is 97.0 Å². The zero-order chi connectivity index (χ0) is 27.6. The Morgan fingerprint density at radius 1 is 0.946 bits per heavy atom. The Labute approximate surface area is 226 Å². The Morgan fingerprint density at radius 3 is 2.11 bits per heavy atom. The molecule has 214 valence electrons. The van der Waals surface area contributed by atoms with Gasteiger partial charge in [0.15, 0.2) is 6.10 Å². The van der Waals surface area contributed by atoms with Gasteiger partial charge in [0.05, 0.1) is 40.5 Å². The molecule has 0 aliphatic rings. The van der Waals surface area contributed by atoms with Crippen molar-refractivity contribution in [2.24, 2.45) is 0 Å². The molecular weight excluding hydrogens is 489 g/mol. The second kappa shape index (κ2) is 18.8. The molecule has 1 aromatic carbocycles. The van der Waals surface area contributed by atoms with Crippen LogP contribution in [-0.2, 0) is 25.0 Å². The van der Waals surface area contributed by atoms with Crippen LogP contribution in [0.15, 0.2) is 24.3 Å². The van der Waals surface area contributed by atoms with E-state index in [0.29, 0.717) is 16.8 Å². The third-order valence-electron chi connectivity index (χ3n) is 6.25. The predicted molar refractivity (Wildman–Crippen MR) is 151 cm³/mol. The molecule has 37 heavy (non-hydrogen) atoms. The first-order valence-corrected chi connectivity index (χ1v) is 15.9. The summed E-state index contributed by atoms with van der Waals surface area (Å²) in [4.78, 5) is 21.6. The number of esters is 1. The summed E-state index contributed by atoms with van der Waals surface area (Å²) in [5, 5.41) is 0. The van der Waals surface area contributed by atoms with Crippen LogP contribution in [0.5, 0.6) is 5.75 Å². The number of rotatable bonds is 22. The van der Waals surface area contributed by atoms with Gasteiger partial charge in [-0.2, -0.15) is 0 Å². The van der Waals surface area contributed by atoms with E-state index in [1.54, 1.807) is 0 Å². The third-order valence-corrected chi connectivity index (χ3v) is 7.57. The molecule has 2 unspecified atom stereocenters. The molecule has 0 aliphatic carbocycles. The summed E-state index contributed by atoms with van der Waals surface area (Å²) in [6, 6.07) is 7.95. The highest BCUT2D eigenvalue weighted by atomic mass is 31.2. The number of nitrogens with zero attached hydrogens (tertiary/aromatic N) is 1. The second-order valence-electron chi connectivity index (χ2n) is 11.1. The first-order valence-electron chi connectivity index (χ1n) is 14.2. The van der Waals surface area contributed by atoms with Crippen LogP contribution >= 0.6 is 7.60 Å². The summed E-state index contributed by atoms with van der Waals surface area (Å²) in [6.07, 6.45) is 14.8. The summed E-state index contributed by atoms with van der Waals surface area (Å²) in [5.41, 5.74) is 1.22. The first kappa shape index (κ1) is 33.6. The third kappa shape index (κ3) is 19.3. The van der Waals surface area contributed by atoms with Gasteiger partial charge in [-0.15, -0.1) is 0 Å². The van der Waals surface area contributed by atoms with Crippen molar-refractivity contribution in [1.29, 1.82) is 0 Å². The van der Waals surface area contributed by atoms with Gasteiger partial charge in [0, 0.05) is 6.92 Å². The van der Waals surface area contributed by atoms with E-state index in [1.807, 2.05) is 39.3 Å². The Bertz CT molecular complexity index is 795. The lowest BCUT2D eigenvalue weighted by Crippen LogP contribution is -2.37.